The summed E-state index contributed by atoms with van der Waals surface area (Å²) in [5, 5.41) is 8.61. The van der Waals surface area contributed by atoms with Crippen molar-refractivity contribution >= 4 is 55.7 Å². The summed E-state index contributed by atoms with van der Waals surface area (Å²) < 4.78 is 29.7. The van der Waals surface area contributed by atoms with Gasteiger partial charge in [0.15, 0.2) is 0 Å². The Morgan fingerprint density at radius 1 is 1.26 bits per heavy atom. The number of hydrogen-bond donors (Lipinski definition) is 1. The highest BCUT2D eigenvalue weighted by Crippen LogP contribution is 2.39. The van der Waals surface area contributed by atoms with Crippen molar-refractivity contribution in [2.75, 3.05) is 13.1 Å². The summed E-state index contributed by atoms with van der Waals surface area (Å²) in [4.78, 5) is 23.1. The van der Waals surface area contributed by atoms with Crippen LogP contribution in [0.3, 0.4) is 0 Å². The Bertz CT molecular complexity index is 1270. The molecule has 1 fully saturated rings. The van der Waals surface area contributed by atoms with Crippen LogP contribution in [0, 0.1) is 12.8 Å². The molecule has 4 rings (SSSR count). The van der Waals surface area contributed by atoms with Gasteiger partial charge in [0.05, 0.1) is 10.6 Å². The lowest BCUT2D eigenvalue weighted by Crippen LogP contribution is -2.49. The van der Waals surface area contributed by atoms with Crippen molar-refractivity contribution in [1.29, 1.82) is 0 Å². The molecular formula is C25H27Cl2F2N2O3P. The molecule has 188 valence electrons. The lowest BCUT2D eigenvalue weighted by atomic mass is 9.95. The predicted octanol–water partition coefficient (Wildman–Crippen LogP) is 6.49. The van der Waals surface area contributed by atoms with Gasteiger partial charge in [0, 0.05) is 53.7 Å². The van der Waals surface area contributed by atoms with Crippen molar-refractivity contribution in [1.82, 2.24) is 9.47 Å². The number of nitrogens with zero attached hydrogens (tertiary/aromatic N) is 2. The number of amides is 1. The zero-order valence-electron chi connectivity index (χ0n) is 19.6. The van der Waals surface area contributed by atoms with Crippen molar-refractivity contribution in [3.8, 4) is 0 Å². The zero-order chi connectivity index (χ0) is 26.1. The second-order valence-electron chi connectivity index (χ2n) is 8.70. The number of hydrogen-bond acceptors (Lipinski definition) is 2. The Morgan fingerprint density at radius 3 is 2.46 bits per heavy atom. The lowest BCUT2D eigenvalue weighted by molar-refractivity contribution is -0.122. The Balaban J connectivity index is 0.00000108. The van der Waals surface area contributed by atoms with Crippen LogP contribution in [0.5, 0.6) is 0 Å². The maximum Gasteiger partial charge on any atom is 0.290 e. The van der Waals surface area contributed by atoms with E-state index in [2.05, 4.69) is 6.92 Å². The minimum Gasteiger partial charge on any atom is -0.483 e. The van der Waals surface area contributed by atoms with E-state index in [1.807, 2.05) is 24.6 Å². The number of aryl methyl sites for hydroxylation is 2. The number of halogens is 4. The van der Waals surface area contributed by atoms with Gasteiger partial charge in [-0.15, -0.1) is 0 Å². The highest BCUT2D eigenvalue weighted by Gasteiger charge is 2.31. The molecule has 10 heteroatoms. The summed E-state index contributed by atoms with van der Waals surface area (Å²) in [6.45, 7) is 5.18. The van der Waals surface area contributed by atoms with E-state index in [-0.39, 0.29) is 17.9 Å². The number of aromatic nitrogens is 1. The summed E-state index contributed by atoms with van der Waals surface area (Å²) in [6, 6.07) is 8.37. The number of carboxylic acid groups (broad SMARTS) is 1. The molecule has 0 bridgehead atoms. The molecule has 1 unspecified atom stereocenters. The van der Waals surface area contributed by atoms with Crippen LogP contribution in [0.15, 0.2) is 30.3 Å². The van der Waals surface area contributed by atoms with Crippen LogP contribution in [-0.2, 0) is 23.9 Å². The average molecular weight is 543 g/mol. The van der Waals surface area contributed by atoms with Crippen LogP contribution in [0.1, 0.15) is 46.1 Å². The molecule has 1 amide bonds. The summed E-state index contributed by atoms with van der Waals surface area (Å²) >= 11 is 13.2. The van der Waals surface area contributed by atoms with Gasteiger partial charge >= 0.3 is 0 Å². The molecule has 1 saturated heterocycles. The molecule has 0 spiro atoms. The minimum atomic E-state index is -3.00. The molecule has 1 aliphatic rings. The molecular weight excluding hydrogens is 516 g/mol. The molecule has 1 N–H and O–H groups in total. The van der Waals surface area contributed by atoms with Crippen molar-refractivity contribution in [3.63, 3.8) is 0 Å². The summed E-state index contributed by atoms with van der Waals surface area (Å²) in [5.74, 6) is 0.458. The molecule has 0 aliphatic carbocycles. The summed E-state index contributed by atoms with van der Waals surface area (Å²) in [7, 11) is 3.43. The van der Waals surface area contributed by atoms with E-state index < -0.39 is 5.66 Å². The van der Waals surface area contributed by atoms with Gasteiger partial charge in [0.2, 0.25) is 0 Å². The van der Waals surface area contributed by atoms with Crippen LogP contribution in [0.4, 0.5) is 8.78 Å². The minimum absolute atomic E-state index is 0.0520. The van der Waals surface area contributed by atoms with Crippen LogP contribution < -0.4 is 0 Å². The lowest BCUT2D eigenvalue weighted by Gasteiger charge is -2.39. The van der Waals surface area contributed by atoms with Gasteiger partial charge in [-0.05, 0) is 60.7 Å². The van der Waals surface area contributed by atoms with Crippen LogP contribution >= 0.6 is 32.4 Å². The Hall–Kier alpha value is -2.21. The van der Waals surface area contributed by atoms with Gasteiger partial charge in [0.1, 0.15) is 0 Å². The van der Waals surface area contributed by atoms with Gasteiger partial charge in [0.25, 0.3) is 18.0 Å². The summed E-state index contributed by atoms with van der Waals surface area (Å²) in [5.41, 5.74) is 0.402. The molecule has 1 aromatic heterocycles. The fourth-order valence-corrected chi connectivity index (χ4v) is 5.05. The van der Waals surface area contributed by atoms with Crippen LogP contribution in [0.25, 0.3) is 10.9 Å². The first kappa shape index (κ1) is 27.4. The van der Waals surface area contributed by atoms with E-state index in [1.165, 1.54) is 12.1 Å². The zero-order valence-corrected chi connectivity index (χ0v) is 22.3. The van der Waals surface area contributed by atoms with Gasteiger partial charge in [-0.25, -0.2) is 0 Å². The normalized spacial score (nSPS) is 13.9. The van der Waals surface area contributed by atoms with Gasteiger partial charge in [-0.3, -0.25) is 9.59 Å². The molecule has 1 atom stereocenters. The number of carbonyl (C=O) groups is 2. The third-order valence-electron chi connectivity index (χ3n) is 6.45. The van der Waals surface area contributed by atoms with Crippen molar-refractivity contribution < 1.29 is 23.5 Å². The number of alkyl halides is 2. The van der Waals surface area contributed by atoms with E-state index in [4.69, 9.17) is 33.1 Å². The molecule has 0 saturated carbocycles. The summed E-state index contributed by atoms with van der Waals surface area (Å²) in [6.07, 6.45) is 1.43. The van der Waals surface area contributed by atoms with E-state index in [9.17, 15) is 13.6 Å². The number of benzene rings is 2. The molecule has 1 aliphatic heterocycles. The maximum absolute atomic E-state index is 13.9. The third-order valence-corrected chi connectivity index (χ3v) is 7.57. The highest BCUT2D eigenvalue weighted by molar-refractivity contribution is 7.17. The van der Waals surface area contributed by atoms with Gasteiger partial charge in [-0.1, -0.05) is 39.4 Å². The first-order valence-electron chi connectivity index (χ1n) is 11.0. The van der Waals surface area contributed by atoms with E-state index in [0.29, 0.717) is 39.0 Å². The molecule has 3 aromatic rings. The van der Waals surface area contributed by atoms with Crippen molar-refractivity contribution in [2.24, 2.45) is 13.0 Å². The molecule has 2 aromatic carbocycles. The first-order valence-corrected chi connectivity index (χ1v) is 12.4. The quantitative estimate of drug-likeness (QED) is 0.296. The Kier molecular flexibility index (Phi) is 8.46. The van der Waals surface area contributed by atoms with Crippen LogP contribution in [-0.4, -0.2) is 40.0 Å². The fraction of sp³-hybridized carbons (Fsp3) is 0.360. The number of likely N-dealkylation sites (tertiary alicyclic amines) is 1. The second-order valence-corrected chi connectivity index (χ2v) is 10.2. The molecule has 2 heterocycles. The van der Waals surface area contributed by atoms with Crippen LogP contribution in [0.2, 0.25) is 10.0 Å². The van der Waals surface area contributed by atoms with Crippen molar-refractivity contribution in [2.45, 2.75) is 32.4 Å². The SMILES string of the molecule is CCC1CN(C(=O)c2ccc(Cl)c(Cc3cc4c(C)cc(C(F)(F)P)cc4n3C)c2Cl)C1.O=CO. The van der Waals surface area contributed by atoms with Crippen molar-refractivity contribution in [3.05, 3.63) is 68.3 Å². The van der Waals surface area contributed by atoms with E-state index >= 15 is 0 Å². The maximum atomic E-state index is 13.9. The Morgan fingerprint density at radius 2 is 1.89 bits per heavy atom. The molecule has 35 heavy (non-hydrogen) atoms. The van der Waals surface area contributed by atoms with E-state index in [0.717, 1.165) is 36.2 Å². The largest absolute Gasteiger partial charge is 0.483 e. The highest BCUT2D eigenvalue weighted by atomic mass is 35.5. The van der Waals surface area contributed by atoms with E-state index in [1.54, 1.807) is 26.3 Å². The average Bonchev–Trinajstić information content (AvgIpc) is 3.06. The number of rotatable bonds is 5. The fourth-order valence-electron chi connectivity index (χ4n) is 4.30. The smallest absolute Gasteiger partial charge is 0.290 e. The second kappa shape index (κ2) is 10.8. The topological polar surface area (TPSA) is 62.5 Å². The predicted molar refractivity (Wildman–Crippen MR) is 139 cm³/mol. The molecule has 0 radical (unpaired) electrons. The van der Waals surface area contributed by atoms with Gasteiger partial charge < -0.3 is 14.6 Å². The Labute approximate surface area is 215 Å². The standard InChI is InChI=1S/C24H25Cl2F2N2OP.CH2O2/c1-4-14-11-30(12-14)23(31)17-5-6-20(25)19(22(17)26)10-16-9-18-13(2)7-15(24(27,28)32)8-21(18)29(16)3;2-1-3/h5-9,14H,4,10-12,32H2,1-3H3;1H,(H,2,3). The number of fused-ring (bicyclic) bond motifs is 1. The first-order chi connectivity index (χ1) is 16.4. The molecule has 5 nitrogen and oxygen atoms in total. The van der Waals surface area contributed by atoms with Gasteiger partial charge in [-0.2, -0.15) is 8.78 Å². The number of carbonyl (C=O) groups excluding carboxylic acids is 1. The monoisotopic (exact) mass is 542 g/mol. The third kappa shape index (κ3) is 5.63.